The van der Waals surface area contributed by atoms with Gasteiger partial charge in [-0.25, -0.2) is 0 Å². The quantitative estimate of drug-likeness (QED) is 0.378. The molecule has 0 aromatic heterocycles. The van der Waals surface area contributed by atoms with E-state index in [4.69, 9.17) is 9.47 Å². The van der Waals surface area contributed by atoms with Gasteiger partial charge in [-0.2, -0.15) is 0 Å². The maximum Gasteiger partial charge on any atom is 0.220 e. The van der Waals surface area contributed by atoms with E-state index < -0.39 is 12.2 Å². The van der Waals surface area contributed by atoms with Gasteiger partial charge in [0.2, 0.25) is 5.91 Å². The van der Waals surface area contributed by atoms with Gasteiger partial charge >= 0.3 is 0 Å². The minimum Gasteiger partial charge on any atom is -0.389 e. The van der Waals surface area contributed by atoms with E-state index in [-0.39, 0.29) is 30.0 Å². The van der Waals surface area contributed by atoms with Crippen molar-refractivity contribution in [2.75, 3.05) is 20.8 Å². The number of carbonyl (C=O) groups excluding carboxylic acids is 2. The van der Waals surface area contributed by atoms with Crippen LogP contribution in [0, 0.1) is 11.8 Å². The summed E-state index contributed by atoms with van der Waals surface area (Å²) in [6, 6.07) is 0. The third-order valence-electron chi connectivity index (χ3n) is 7.50. The summed E-state index contributed by atoms with van der Waals surface area (Å²) in [5.41, 5.74) is 2.22. The van der Waals surface area contributed by atoms with E-state index in [0.717, 1.165) is 50.5 Å². The topological polar surface area (TPSA) is 105 Å². The van der Waals surface area contributed by atoms with E-state index in [9.17, 15) is 19.8 Å². The van der Waals surface area contributed by atoms with E-state index >= 15 is 0 Å². The van der Waals surface area contributed by atoms with Gasteiger partial charge in [-0.15, -0.1) is 0 Å². The lowest BCUT2D eigenvalue weighted by Crippen LogP contribution is -2.32. The van der Waals surface area contributed by atoms with Crippen LogP contribution in [-0.4, -0.2) is 67.1 Å². The zero-order valence-electron chi connectivity index (χ0n) is 25.7. The molecule has 1 heterocycles. The fraction of sp³-hybridized carbons (Fsp3) is 0.697. The van der Waals surface area contributed by atoms with Crippen molar-refractivity contribution in [3.05, 3.63) is 47.6 Å². The number of aliphatic hydroxyl groups excluding tert-OH is 2. The Balaban J connectivity index is 0.000000400. The Morgan fingerprint density at radius 2 is 1.23 bits per heavy atom. The fourth-order valence-corrected chi connectivity index (χ4v) is 4.88. The van der Waals surface area contributed by atoms with Crippen molar-refractivity contribution in [3.63, 3.8) is 0 Å². The minimum absolute atomic E-state index is 0.0163. The Bertz CT molecular complexity index is 791. The number of ketones is 1. The van der Waals surface area contributed by atoms with Crippen LogP contribution in [0.15, 0.2) is 47.6 Å². The number of rotatable bonds is 2. The lowest BCUT2D eigenvalue weighted by Gasteiger charge is -2.23. The molecule has 0 saturated carbocycles. The summed E-state index contributed by atoms with van der Waals surface area (Å²) < 4.78 is 10.7. The molecule has 0 saturated heterocycles. The van der Waals surface area contributed by atoms with Gasteiger partial charge in [0.25, 0.3) is 0 Å². The molecule has 0 aromatic carbocycles. The smallest absolute Gasteiger partial charge is 0.220 e. The van der Waals surface area contributed by atoms with Gasteiger partial charge < -0.3 is 25.0 Å². The first-order valence-corrected chi connectivity index (χ1v) is 15.0. The molecular weight excluding hydrogens is 506 g/mol. The van der Waals surface area contributed by atoms with Crippen molar-refractivity contribution in [1.82, 2.24) is 5.32 Å². The number of hydrogen-bond donors (Lipinski definition) is 3. The van der Waals surface area contributed by atoms with Crippen LogP contribution in [0.3, 0.4) is 0 Å². The number of nitrogens with one attached hydrogen (secondary N) is 1. The Morgan fingerprint density at radius 1 is 0.725 bits per heavy atom. The molecule has 7 nitrogen and oxygen atoms in total. The number of hydrogen-bond acceptors (Lipinski definition) is 6. The second-order valence-corrected chi connectivity index (χ2v) is 11.3. The largest absolute Gasteiger partial charge is 0.389 e. The zero-order chi connectivity index (χ0) is 29.9. The third kappa shape index (κ3) is 15.1. The third-order valence-corrected chi connectivity index (χ3v) is 7.50. The summed E-state index contributed by atoms with van der Waals surface area (Å²) in [6.45, 7) is 8.49. The predicted molar refractivity (Wildman–Crippen MR) is 162 cm³/mol. The Hall–Kier alpha value is -2.06. The summed E-state index contributed by atoms with van der Waals surface area (Å²) in [7, 11) is 3.24. The first-order chi connectivity index (χ1) is 19.1. The molecule has 0 radical (unpaired) electrons. The van der Waals surface area contributed by atoms with Crippen LogP contribution in [0.4, 0.5) is 0 Å². The average Bonchev–Trinajstić information content (AvgIpc) is 2.93. The van der Waals surface area contributed by atoms with Crippen molar-refractivity contribution in [2.24, 2.45) is 11.8 Å². The molecule has 3 N–H and O–H groups in total. The lowest BCUT2D eigenvalue weighted by molar-refractivity contribution is -0.121. The van der Waals surface area contributed by atoms with Crippen molar-refractivity contribution < 1.29 is 29.3 Å². The van der Waals surface area contributed by atoms with E-state index in [2.05, 4.69) is 17.5 Å². The van der Waals surface area contributed by atoms with Crippen LogP contribution in [0.5, 0.6) is 0 Å². The van der Waals surface area contributed by atoms with Crippen molar-refractivity contribution >= 4 is 11.7 Å². The number of amides is 1. The first-order valence-electron chi connectivity index (χ1n) is 15.0. The molecule has 0 bridgehead atoms. The molecule has 0 fully saturated rings. The number of ether oxygens (including phenoxy) is 2. The van der Waals surface area contributed by atoms with Gasteiger partial charge in [0, 0.05) is 51.9 Å². The number of Topliss-reactive ketones (excluding diaryl/α,β-unsaturated/α-hetero) is 1. The normalized spacial score (nSPS) is 34.7. The van der Waals surface area contributed by atoms with Gasteiger partial charge in [0.15, 0.2) is 0 Å². The van der Waals surface area contributed by atoms with Gasteiger partial charge in [-0.05, 0) is 58.8 Å². The minimum atomic E-state index is -0.579. The van der Waals surface area contributed by atoms with Crippen LogP contribution in [0.2, 0.25) is 0 Å². The van der Waals surface area contributed by atoms with Crippen molar-refractivity contribution in [2.45, 2.75) is 116 Å². The van der Waals surface area contributed by atoms with E-state index in [1.165, 1.54) is 5.57 Å². The molecule has 0 aromatic rings. The highest BCUT2D eigenvalue weighted by atomic mass is 16.5. The van der Waals surface area contributed by atoms with Crippen LogP contribution >= 0.6 is 0 Å². The highest BCUT2D eigenvalue weighted by Crippen LogP contribution is 2.19. The number of carbonyl (C=O) groups is 2. The summed E-state index contributed by atoms with van der Waals surface area (Å²) in [6.07, 6.45) is 18.7. The monoisotopic (exact) mass is 561 g/mol. The van der Waals surface area contributed by atoms with Crippen LogP contribution in [0.1, 0.15) is 91.9 Å². The van der Waals surface area contributed by atoms with Gasteiger partial charge in [0.05, 0.1) is 12.2 Å². The van der Waals surface area contributed by atoms with Gasteiger partial charge in [0.1, 0.15) is 18.0 Å². The summed E-state index contributed by atoms with van der Waals surface area (Å²) in [5.74, 6) is 0.440. The number of methoxy groups -OCH3 is 2. The van der Waals surface area contributed by atoms with E-state index in [1.54, 1.807) is 14.2 Å². The molecule has 6 atom stereocenters. The Morgan fingerprint density at radius 3 is 1.75 bits per heavy atom. The first kappa shape index (κ1) is 36.0. The molecule has 2 aliphatic rings. The SMILES string of the molecule is CO[C@H]1/C=C/CCCCC(=O)CC/C(C)=C\[C@@H](C)[C@@H]1O.CO[C@H]1/C=C/CCCCC(=O)NC/C(C)=C\[C@@H](C)[C@@H]1O. The molecule has 0 spiro atoms. The lowest BCUT2D eigenvalue weighted by atomic mass is 9.94. The number of allylic oxidation sites excluding steroid dienone is 3. The summed E-state index contributed by atoms with van der Waals surface area (Å²) >= 11 is 0. The average molecular weight is 562 g/mol. The predicted octanol–water partition coefficient (Wildman–Crippen LogP) is 5.62. The fourth-order valence-electron chi connectivity index (χ4n) is 4.88. The van der Waals surface area contributed by atoms with Crippen molar-refractivity contribution in [3.8, 4) is 0 Å². The van der Waals surface area contributed by atoms with E-state index in [1.807, 2.05) is 52.0 Å². The van der Waals surface area contributed by atoms with Crippen LogP contribution < -0.4 is 5.32 Å². The van der Waals surface area contributed by atoms with Crippen LogP contribution in [0.25, 0.3) is 0 Å². The highest BCUT2D eigenvalue weighted by Gasteiger charge is 2.22. The molecule has 40 heavy (non-hydrogen) atoms. The summed E-state index contributed by atoms with van der Waals surface area (Å²) in [5, 5.41) is 23.5. The summed E-state index contributed by atoms with van der Waals surface area (Å²) in [4.78, 5) is 23.3. The van der Waals surface area contributed by atoms with Gasteiger partial charge in [-0.1, -0.05) is 61.4 Å². The van der Waals surface area contributed by atoms with Gasteiger partial charge in [-0.3, -0.25) is 9.59 Å². The molecule has 228 valence electrons. The molecule has 1 amide bonds. The second-order valence-electron chi connectivity index (χ2n) is 11.3. The molecule has 1 aliphatic carbocycles. The van der Waals surface area contributed by atoms with Crippen LogP contribution in [-0.2, 0) is 19.1 Å². The Labute approximate surface area is 242 Å². The second kappa shape index (κ2) is 20.8. The Kier molecular flexibility index (Phi) is 18.7. The highest BCUT2D eigenvalue weighted by molar-refractivity contribution is 5.78. The maximum atomic E-state index is 11.7. The van der Waals surface area contributed by atoms with E-state index in [0.29, 0.717) is 31.6 Å². The molecule has 0 unspecified atom stereocenters. The molecule has 2 rings (SSSR count). The number of aliphatic hydroxyl groups is 2. The molecular formula is C33H55NO6. The standard InChI is InChI=1S/C17H28O3.C16H27NO3/c1-13-10-11-15(18)8-6-4-5-7-9-16(20-3)17(19)14(2)12-13;1-12-10-13(2)16(19)14(20-3)8-6-4-5-7-9-15(18)17-11-12/h7,9,12,14,16-17,19H,4-6,8,10-11H2,1-3H3;6,8,10,13-14,16,19H,4-5,7,9,11H2,1-3H3,(H,17,18)/b9-7+,13-12-;8-6+,12-10-/t14-,16+,17+;13-,14+,16+/m11/s1. The van der Waals surface area contributed by atoms with Crippen molar-refractivity contribution in [1.29, 1.82) is 0 Å². The maximum absolute atomic E-state index is 11.7. The molecule has 1 aliphatic heterocycles. The zero-order valence-corrected chi connectivity index (χ0v) is 25.7. The molecule has 7 heteroatoms.